The van der Waals surface area contributed by atoms with Crippen LogP contribution in [-0.2, 0) is 14.4 Å². The number of hydrogen-bond donors (Lipinski definition) is 3. The van der Waals surface area contributed by atoms with Crippen LogP contribution in [0.1, 0.15) is 83.8 Å². The SMILES string of the molecule is C/C1=C/C[C@@H](/C(C)=C/c2csc(C)n2)NC(=O)C[C@@H]2NC(=O)C[C@@]2(C)C(=O)[C@H](C)[C@@H](O)[C@@H](C)CCC1. The third-order valence-electron chi connectivity index (χ3n) is 7.92. The van der Waals surface area contributed by atoms with Crippen molar-refractivity contribution in [2.24, 2.45) is 17.3 Å². The van der Waals surface area contributed by atoms with Gasteiger partial charge in [-0.05, 0) is 64.0 Å². The first kappa shape index (κ1) is 28.3. The van der Waals surface area contributed by atoms with E-state index in [4.69, 9.17) is 0 Å². The number of nitrogens with one attached hydrogen (secondary N) is 2. The molecule has 2 amide bonds. The average molecular weight is 516 g/mol. The molecule has 3 rings (SSSR count). The van der Waals surface area contributed by atoms with Crippen molar-refractivity contribution in [1.29, 1.82) is 0 Å². The predicted molar refractivity (Wildman–Crippen MR) is 143 cm³/mol. The first-order valence-corrected chi connectivity index (χ1v) is 13.9. The van der Waals surface area contributed by atoms with Crippen molar-refractivity contribution in [3.05, 3.63) is 33.3 Å². The number of aliphatic hydroxyl groups excluding tert-OH is 1. The smallest absolute Gasteiger partial charge is 0.222 e. The van der Waals surface area contributed by atoms with Crippen molar-refractivity contribution < 1.29 is 19.5 Å². The summed E-state index contributed by atoms with van der Waals surface area (Å²) in [5.41, 5.74) is 2.07. The maximum absolute atomic E-state index is 13.6. The molecule has 2 aliphatic rings. The highest BCUT2D eigenvalue weighted by molar-refractivity contribution is 7.09. The molecule has 7 nitrogen and oxygen atoms in total. The lowest BCUT2D eigenvalue weighted by Crippen LogP contribution is -2.49. The van der Waals surface area contributed by atoms with Crippen molar-refractivity contribution in [1.82, 2.24) is 15.6 Å². The molecular formula is C28H41N3O4S. The van der Waals surface area contributed by atoms with Gasteiger partial charge in [-0.3, -0.25) is 14.4 Å². The summed E-state index contributed by atoms with van der Waals surface area (Å²) in [5, 5.41) is 19.9. The molecular weight excluding hydrogens is 474 g/mol. The van der Waals surface area contributed by atoms with E-state index in [0.717, 1.165) is 35.5 Å². The van der Waals surface area contributed by atoms with Gasteiger partial charge in [0.25, 0.3) is 0 Å². The lowest BCUT2D eigenvalue weighted by Gasteiger charge is -2.34. The summed E-state index contributed by atoms with van der Waals surface area (Å²) in [6.07, 6.45) is 6.69. The van der Waals surface area contributed by atoms with E-state index in [1.165, 1.54) is 5.57 Å². The molecule has 0 radical (unpaired) electrons. The number of carbonyl (C=O) groups excluding carboxylic acids is 3. The number of Topliss-reactive ketones (excluding diaryl/α,β-unsaturated/α-hetero) is 1. The van der Waals surface area contributed by atoms with Gasteiger partial charge in [0.2, 0.25) is 11.8 Å². The molecule has 0 unspecified atom stereocenters. The van der Waals surface area contributed by atoms with Gasteiger partial charge >= 0.3 is 0 Å². The second-order valence-electron chi connectivity index (χ2n) is 11.0. The van der Waals surface area contributed by atoms with Crippen LogP contribution in [0.5, 0.6) is 0 Å². The molecule has 198 valence electrons. The van der Waals surface area contributed by atoms with E-state index >= 15 is 0 Å². The maximum Gasteiger partial charge on any atom is 0.222 e. The van der Waals surface area contributed by atoms with Gasteiger partial charge in [0.15, 0.2) is 0 Å². The van der Waals surface area contributed by atoms with Crippen LogP contribution >= 0.6 is 11.3 Å². The zero-order valence-electron chi connectivity index (χ0n) is 22.4. The van der Waals surface area contributed by atoms with Crippen LogP contribution in [0.25, 0.3) is 6.08 Å². The number of ketones is 1. The molecule has 8 heteroatoms. The maximum atomic E-state index is 13.6. The number of allylic oxidation sites excluding steroid dienone is 1. The van der Waals surface area contributed by atoms with Crippen LogP contribution in [0.15, 0.2) is 22.6 Å². The van der Waals surface area contributed by atoms with Gasteiger partial charge < -0.3 is 15.7 Å². The van der Waals surface area contributed by atoms with Crippen molar-refractivity contribution in [2.75, 3.05) is 0 Å². The summed E-state index contributed by atoms with van der Waals surface area (Å²) in [6, 6.07) is -0.833. The Balaban J connectivity index is 1.91. The monoisotopic (exact) mass is 515 g/mol. The normalized spacial score (nSPS) is 35.0. The quantitative estimate of drug-likeness (QED) is 0.508. The first-order chi connectivity index (χ1) is 16.9. The molecule has 6 atom stereocenters. The van der Waals surface area contributed by atoms with Crippen LogP contribution in [-0.4, -0.2) is 45.9 Å². The van der Waals surface area contributed by atoms with Crippen LogP contribution in [0, 0.1) is 24.2 Å². The molecule has 2 aliphatic heterocycles. The largest absolute Gasteiger partial charge is 0.392 e. The van der Waals surface area contributed by atoms with Crippen LogP contribution in [0.2, 0.25) is 0 Å². The third-order valence-corrected chi connectivity index (χ3v) is 8.71. The van der Waals surface area contributed by atoms with Crippen LogP contribution in [0.4, 0.5) is 0 Å². The number of fused-ring (bicyclic) bond motifs is 1. The Morgan fingerprint density at radius 1 is 1.19 bits per heavy atom. The minimum Gasteiger partial charge on any atom is -0.392 e. The Morgan fingerprint density at radius 2 is 1.92 bits per heavy atom. The van der Waals surface area contributed by atoms with Crippen molar-refractivity contribution in [3.8, 4) is 0 Å². The number of hydrogen-bond acceptors (Lipinski definition) is 6. The van der Waals surface area contributed by atoms with E-state index in [2.05, 4.69) is 28.6 Å². The molecule has 0 bridgehead atoms. The molecule has 1 aromatic heterocycles. The zero-order chi connectivity index (χ0) is 26.6. The Bertz CT molecular complexity index is 1050. The molecule has 0 aliphatic carbocycles. The Morgan fingerprint density at radius 3 is 2.58 bits per heavy atom. The minimum atomic E-state index is -1.04. The predicted octanol–water partition coefficient (Wildman–Crippen LogP) is 4.35. The highest BCUT2D eigenvalue weighted by Crippen LogP contribution is 2.38. The third kappa shape index (κ3) is 6.71. The summed E-state index contributed by atoms with van der Waals surface area (Å²) < 4.78 is 0. The van der Waals surface area contributed by atoms with Gasteiger partial charge in [0.05, 0.1) is 34.3 Å². The fourth-order valence-electron chi connectivity index (χ4n) is 5.44. The van der Waals surface area contributed by atoms with Gasteiger partial charge in [0, 0.05) is 24.1 Å². The number of amides is 2. The molecule has 36 heavy (non-hydrogen) atoms. The van der Waals surface area contributed by atoms with E-state index in [0.29, 0.717) is 6.42 Å². The lowest BCUT2D eigenvalue weighted by atomic mass is 9.70. The van der Waals surface area contributed by atoms with Gasteiger partial charge in [-0.15, -0.1) is 11.3 Å². The number of aliphatic hydroxyl groups is 1. The zero-order valence-corrected chi connectivity index (χ0v) is 23.2. The van der Waals surface area contributed by atoms with Gasteiger partial charge in [-0.2, -0.15) is 0 Å². The summed E-state index contributed by atoms with van der Waals surface area (Å²) in [5.74, 6) is -1.27. The van der Waals surface area contributed by atoms with E-state index < -0.39 is 23.5 Å². The second kappa shape index (κ2) is 11.8. The molecule has 3 heterocycles. The fourth-order valence-corrected chi connectivity index (χ4v) is 6.01. The molecule has 0 spiro atoms. The number of aryl methyl sites for hydroxylation is 1. The molecule has 1 saturated heterocycles. The summed E-state index contributed by atoms with van der Waals surface area (Å²) in [4.78, 5) is 43.7. The molecule has 1 aromatic rings. The van der Waals surface area contributed by atoms with E-state index in [1.54, 1.807) is 25.2 Å². The number of thiazole rings is 1. The highest BCUT2D eigenvalue weighted by Gasteiger charge is 2.51. The molecule has 0 saturated carbocycles. The van der Waals surface area contributed by atoms with Crippen LogP contribution in [0.3, 0.4) is 0 Å². The summed E-state index contributed by atoms with van der Waals surface area (Å²) in [6.45, 7) is 11.5. The Hall–Kier alpha value is -2.32. The Kier molecular flexibility index (Phi) is 9.28. The number of nitrogens with zero attached hydrogens (tertiary/aromatic N) is 1. The number of rotatable bonds is 2. The van der Waals surface area contributed by atoms with E-state index in [1.807, 2.05) is 32.2 Å². The van der Waals surface area contributed by atoms with Crippen molar-refractivity contribution >= 4 is 35.0 Å². The van der Waals surface area contributed by atoms with Crippen LogP contribution < -0.4 is 10.6 Å². The topological polar surface area (TPSA) is 108 Å². The van der Waals surface area contributed by atoms with E-state index in [-0.39, 0.29) is 42.4 Å². The first-order valence-electron chi connectivity index (χ1n) is 13.0. The Labute approximate surface area is 218 Å². The number of carbonyl (C=O) groups is 3. The van der Waals surface area contributed by atoms with Gasteiger partial charge in [-0.1, -0.05) is 32.4 Å². The second-order valence-corrected chi connectivity index (χ2v) is 12.1. The molecule has 3 N–H and O–H groups in total. The minimum absolute atomic E-state index is 0.00857. The number of aromatic nitrogens is 1. The fraction of sp³-hybridized carbons (Fsp3) is 0.643. The lowest BCUT2D eigenvalue weighted by molar-refractivity contribution is -0.138. The van der Waals surface area contributed by atoms with Gasteiger partial charge in [-0.25, -0.2) is 4.98 Å². The van der Waals surface area contributed by atoms with Crippen molar-refractivity contribution in [3.63, 3.8) is 0 Å². The van der Waals surface area contributed by atoms with Crippen molar-refractivity contribution in [2.45, 2.75) is 98.3 Å². The van der Waals surface area contributed by atoms with Gasteiger partial charge in [0.1, 0.15) is 5.78 Å². The summed E-state index contributed by atoms with van der Waals surface area (Å²) in [7, 11) is 0. The molecule has 0 aromatic carbocycles. The molecule has 1 fully saturated rings. The van der Waals surface area contributed by atoms with E-state index in [9.17, 15) is 19.5 Å². The highest BCUT2D eigenvalue weighted by atomic mass is 32.1. The standard InChI is InChI=1S/C28H41N3O4S/c1-16-8-7-9-17(2)26(34)19(4)27(35)28(6)14-25(33)31-23(28)13-24(32)30-22(11-10-16)18(3)12-21-15-36-20(5)29-21/h10,12,15,17,19,22-23,26,34H,7-9,11,13-14H2,1-6H3,(H,30,32)(H,31,33)/b16-10-,18-12+/t17-,19+,22-,23-,26-,28+/m0/s1. The summed E-state index contributed by atoms with van der Waals surface area (Å²) >= 11 is 1.59. The average Bonchev–Trinajstić information content (AvgIpc) is 3.35.